The molecule has 1 fully saturated rings. The summed E-state index contributed by atoms with van der Waals surface area (Å²) in [6.45, 7) is 4.10. The third-order valence-electron chi connectivity index (χ3n) is 4.92. The molecule has 1 aliphatic rings. The molecule has 130 valence electrons. The van der Waals surface area contributed by atoms with Crippen LogP contribution in [0.1, 0.15) is 56.9 Å². The SMILES string of the molecule is CCCCC1CCCC1NC(=O)Cc1nc(-c2ccsc2)oc1C. The summed E-state index contributed by atoms with van der Waals surface area (Å²) in [4.78, 5) is 17.0. The number of aryl methyl sites for hydroxylation is 1. The lowest BCUT2D eigenvalue weighted by molar-refractivity contribution is -0.121. The van der Waals surface area contributed by atoms with Gasteiger partial charge in [0.05, 0.1) is 12.1 Å². The van der Waals surface area contributed by atoms with Gasteiger partial charge in [-0.05, 0) is 43.6 Å². The van der Waals surface area contributed by atoms with Gasteiger partial charge in [0.15, 0.2) is 0 Å². The third kappa shape index (κ3) is 4.07. The summed E-state index contributed by atoms with van der Waals surface area (Å²) in [6.07, 6.45) is 7.59. The van der Waals surface area contributed by atoms with E-state index in [-0.39, 0.29) is 5.91 Å². The molecular formula is C19H26N2O2S. The molecular weight excluding hydrogens is 320 g/mol. The zero-order chi connectivity index (χ0) is 16.9. The summed E-state index contributed by atoms with van der Waals surface area (Å²) in [7, 11) is 0. The van der Waals surface area contributed by atoms with E-state index in [4.69, 9.17) is 4.42 Å². The lowest BCUT2D eigenvalue weighted by atomic mass is 9.96. The number of carbonyl (C=O) groups excluding carboxylic acids is 1. The molecule has 2 unspecified atom stereocenters. The van der Waals surface area contributed by atoms with Crippen LogP contribution < -0.4 is 5.32 Å². The van der Waals surface area contributed by atoms with Gasteiger partial charge in [0.25, 0.3) is 0 Å². The van der Waals surface area contributed by atoms with Crippen molar-refractivity contribution in [3.63, 3.8) is 0 Å². The molecule has 0 saturated heterocycles. The van der Waals surface area contributed by atoms with Crippen molar-refractivity contribution in [3.05, 3.63) is 28.3 Å². The maximum atomic E-state index is 12.4. The number of aromatic nitrogens is 1. The van der Waals surface area contributed by atoms with Crippen molar-refractivity contribution in [2.45, 2.75) is 64.8 Å². The van der Waals surface area contributed by atoms with Crippen LogP contribution in [0.2, 0.25) is 0 Å². The van der Waals surface area contributed by atoms with Crippen molar-refractivity contribution in [1.82, 2.24) is 10.3 Å². The van der Waals surface area contributed by atoms with Crippen molar-refractivity contribution in [2.24, 2.45) is 5.92 Å². The molecule has 2 heterocycles. The van der Waals surface area contributed by atoms with Crippen LogP contribution in [0, 0.1) is 12.8 Å². The average Bonchev–Trinajstić information content (AvgIpc) is 3.28. The Balaban J connectivity index is 1.59. The predicted octanol–water partition coefficient (Wildman–Crippen LogP) is 4.73. The zero-order valence-electron chi connectivity index (χ0n) is 14.5. The second-order valence-electron chi connectivity index (χ2n) is 6.72. The summed E-state index contributed by atoms with van der Waals surface area (Å²) in [5, 5.41) is 7.24. The summed E-state index contributed by atoms with van der Waals surface area (Å²) < 4.78 is 5.72. The third-order valence-corrected chi connectivity index (χ3v) is 5.61. The van der Waals surface area contributed by atoms with Gasteiger partial charge in [-0.15, -0.1) is 0 Å². The minimum atomic E-state index is 0.0664. The zero-order valence-corrected chi connectivity index (χ0v) is 15.3. The number of unbranched alkanes of at least 4 members (excludes halogenated alkanes) is 1. The van der Waals surface area contributed by atoms with Crippen LogP contribution >= 0.6 is 11.3 Å². The molecule has 1 aliphatic carbocycles. The van der Waals surface area contributed by atoms with Gasteiger partial charge in [-0.25, -0.2) is 4.98 Å². The van der Waals surface area contributed by atoms with Gasteiger partial charge in [-0.2, -0.15) is 11.3 Å². The highest BCUT2D eigenvalue weighted by Gasteiger charge is 2.28. The summed E-state index contributed by atoms with van der Waals surface area (Å²) >= 11 is 1.61. The lowest BCUT2D eigenvalue weighted by Gasteiger charge is -2.20. The number of nitrogens with one attached hydrogen (secondary N) is 1. The van der Waals surface area contributed by atoms with Crippen molar-refractivity contribution in [1.29, 1.82) is 0 Å². The van der Waals surface area contributed by atoms with Crippen LogP contribution in [0.3, 0.4) is 0 Å². The quantitative estimate of drug-likeness (QED) is 0.788. The van der Waals surface area contributed by atoms with E-state index in [1.54, 1.807) is 11.3 Å². The molecule has 1 N–H and O–H groups in total. The maximum Gasteiger partial charge on any atom is 0.227 e. The Morgan fingerprint density at radius 3 is 3.08 bits per heavy atom. The van der Waals surface area contributed by atoms with Gasteiger partial charge in [0.2, 0.25) is 11.8 Å². The molecule has 4 nitrogen and oxygen atoms in total. The fourth-order valence-corrected chi connectivity index (χ4v) is 4.18. The second-order valence-corrected chi connectivity index (χ2v) is 7.50. The van der Waals surface area contributed by atoms with E-state index in [1.807, 2.05) is 23.8 Å². The molecule has 2 aromatic heterocycles. The molecule has 0 bridgehead atoms. The van der Waals surface area contributed by atoms with Crippen LogP contribution in [0.25, 0.3) is 11.5 Å². The maximum absolute atomic E-state index is 12.4. The molecule has 2 aromatic rings. The monoisotopic (exact) mass is 346 g/mol. The highest BCUT2D eigenvalue weighted by molar-refractivity contribution is 7.08. The topological polar surface area (TPSA) is 55.1 Å². The molecule has 0 aromatic carbocycles. The second kappa shape index (κ2) is 7.97. The lowest BCUT2D eigenvalue weighted by Crippen LogP contribution is -2.38. The molecule has 0 spiro atoms. The summed E-state index contributed by atoms with van der Waals surface area (Å²) in [6, 6.07) is 2.32. The molecule has 0 aliphatic heterocycles. The number of amides is 1. The minimum Gasteiger partial charge on any atom is -0.441 e. The Morgan fingerprint density at radius 2 is 2.33 bits per heavy atom. The van der Waals surface area contributed by atoms with Gasteiger partial charge < -0.3 is 9.73 Å². The van der Waals surface area contributed by atoms with Gasteiger partial charge >= 0.3 is 0 Å². The molecule has 1 saturated carbocycles. The molecule has 2 atom stereocenters. The highest BCUT2D eigenvalue weighted by Crippen LogP contribution is 2.30. The van der Waals surface area contributed by atoms with E-state index in [2.05, 4.69) is 17.2 Å². The Labute approximate surface area is 147 Å². The first-order valence-corrected chi connectivity index (χ1v) is 9.90. The van der Waals surface area contributed by atoms with E-state index < -0.39 is 0 Å². The standard InChI is InChI=1S/C19H26N2O2S/c1-3-4-6-14-7-5-8-16(14)20-18(22)11-17-13(2)23-19(21-17)15-9-10-24-12-15/h9-10,12,14,16H,3-8,11H2,1-2H3,(H,20,22). The van der Waals surface area contributed by atoms with Crippen LogP contribution in [-0.4, -0.2) is 16.9 Å². The Bertz CT molecular complexity index is 663. The fraction of sp³-hybridized carbons (Fsp3) is 0.579. The van der Waals surface area contributed by atoms with Gasteiger partial charge in [0, 0.05) is 17.0 Å². The fourth-order valence-electron chi connectivity index (χ4n) is 3.55. The van der Waals surface area contributed by atoms with Gasteiger partial charge in [0.1, 0.15) is 5.76 Å². The predicted molar refractivity (Wildman–Crippen MR) is 97.1 cm³/mol. The number of oxazole rings is 1. The number of thiophene rings is 1. The van der Waals surface area contributed by atoms with Crippen molar-refractivity contribution in [3.8, 4) is 11.5 Å². The summed E-state index contributed by atoms with van der Waals surface area (Å²) in [5.41, 5.74) is 1.72. The van der Waals surface area contributed by atoms with E-state index in [0.29, 0.717) is 24.3 Å². The Kier molecular flexibility index (Phi) is 5.72. The number of hydrogen-bond acceptors (Lipinski definition) is 4. The molecule has 5 heteroatoms. The van der Waals surface area contributed by atoms with E-state index in [0.717, 1.165) is 23.4 Å². The Morgan fingerprint density at radius 1 is 1.46 bits per heavy atom. The van der Waals surface area contributed by atoms with Crippen LogP contribution in [0.5, 0.6) is 0 Å². The minimum absolute atomic E-state index is 0.0664. The number of rotatable bonds is 7. The Hall–Kier alpha value is -1.62. The van der Waals surface area contributed by atoms with E-state index in [9.17, 15) is 4.79 Å². The first kappa shape index (κ1) is 17.2. The number of hydrogen-bond donors (Lipinski definition) is 1. The molecule has 3 rings (SSSR count). The average molecular weight is 346 g/mol. The highest BCUT2D eigenvalue weighted by atomic mass is 32.1. The molecule has 0 radical (unpaired) electrons. The van der Waals surface area contributed by atoms with Gasteiger partial charge in [-0.3, -0.25) is 4.79 Å². The smallest absolute Gasteiger partial charge is 0.227 e. The van der Waals surface area contributed by atoms with Crippen LogP contribution in [0.4, 0.5) is 0 Å². The largest absolute Gasteiger partial charge is 0.441 e. The van der Waals surface area contributed by atoms with Crippen molar-refractivity contribution < 1.29 is 9.21 Å². The van der Waals surface area contributed by atoms with E-state index >= 15 is 0 Å². The molecule has 24 heavy (non-hydrogen) atoms. The van der Waals surface area contributed by atoms with Crippen LogP contribution in [-0.2, 0) is 11.2 Å². The number of carbonyl (C=O) groups is 1. The first-order chi connectivity index (χ1) is 11.7. The first-order valence-electron chi connectivity index (χ1n) is 8.95. The molecule has 1 amide bonds. The van der Waals surface area contributed by atoms with Crippen LogP contribution in [0.15, 0.2) is 21.2 Å². The van der Waals surface area contributed by atoms with Crippen molar-refractivity contribution >= 4 is 17.2 Å². The number of nitrogens with zero attached hydrogens (tertiary/aromatic N) is 1. The van der Waals surface area contributed by atoms with Gasteiger partial charge in [-0.1, -0.05) is 26.2 Å². The van der Waals surface area contributed by atoms with Crippen molar-refractivity contribution in [2.75, 3.05) is 0 Å². The van der Waals surface area contributed by atoms with E-state index in [1.165, 1.54) is 32.1 Å². The normalized spacial score (nSPS) is 20.4. The summed E-state index contributed by atoms with van der Waals surface area (Å²) in [5.74, 6) is 2.06.